The van der Waals surface area contributed by atoms with Gasteiger partial charge in [-0.3, -0.25) is 0 Å². The fourth-order valence-corrected chi connectivity index (χ4v) is 1.92. The summed E-state index contributed by atoms with van der Waals surface area (Å²) in [4.78, 5) is 0. The third-order valence-corrected chi connectivity index (χ3v) is 2.92. The van der Waals surface area contributed by atoms with Gasteiger partial charge in [-0.2, -0.15) is 0 Å². The average molecular weight is 263 g/mol. The van der Waals surface area contributed by atoms with Crippen LogP contribution < -0.4 is 19.9 Å². The van der Waals surface area contributed by atoms with Crippen molar-refractivity contribution in [2.45, 2.75) is 6.04 Å². The normalized spacial score (nSPS) is 12.0. The molecule has 0 amide bonds. The van der Waals surface area contributed by atoms with Crippen LogP contribution in [0.15, 0.2) is 34.9 Å². The maximum atomic E-state index is 6.18. The van der Waals surface area contributed by atoms with Gasteiger partial charge in [-0.1, -0.05) is 0 Å². The van der Waals surface area contributed by atoms with Gasteiger partial charge in [0.15, 0.2) is 11.5 Å². The molecule has 0 aliphatic carbocycles. The second-order valence-electron chi connectivity index (χ2n) is 3.94. The van der Waals surface area contributed by atoms with Crippen molar-refractivity contribution in [1.82, 2.24) is 0 Å². The molecule has 1 aromatic heterocycles. The molecule has 0 aliphatic rings. The minimum absolute atomic E-state index is 0.426. The Bertz CT molecular complexity index is 537. The number of methoxy groups -OCH3 is 3. The molecule has 0 saturated carbocycles. The van der Waals surface area contributed by atoms with Gasteiger partial charge in [0.25, 0.3) is 0 Å². The minimum atomic E-state index is -0.426. The predicted molar refractivity (Wildman–Crippen MR) is 70.8 cm³/mol. The Balaban J connectivity index is 2.49. The van der Waals surface area contributed by atoms with Gasteiger partial charge >= 0.3 is 0 Å². The minimum Gasteiger partial charge on any atom is -0.496 e. The Labute approximate surface area is 111 Å². The molecule has 0 bridgehead atoms. The molecule has 1 atom stereocenters. The molecular weight excluding hydrogens is 246 g/mol. The fraction of sp³-hybridized carbons (Fsp3) is 0.286. The molecule has 2 N–H and O–H groups in total. The molecule has 5 nitrogen and oxygen atoms in total. The molecule has 5 heteroatoms. The SMILES string of the molecule is COc1cc(OC)c(C(N)c2ccco2)cc1OC. The highest BCUT2D eigenvalue weighted by molar-refractivity contribution is 5.52. The van der Waals surface area contributed by atoms with Crippen LogP contribution in [0.1, 0.15) is 17.4 Å². The van der Waals surface area contributed by atoms with E-state index >= 15 is 0 Å². The van der Waals surface area contributed by atoms with Crippen molar-refractivity contribution in [2.75, 3.05) is 21.3 Å². The summed E-state index contributed by atoms with van der Waals surface area (Å²) in [7, 11) is 4.73. The lowest BCUT2D eigenvalue weighted by Crippen LogP contribution is -2.12. The van der Waals surface area contributed by atoms with Crippen LogP contribution in [-0.4, -0.2) is 21.3 Å². The van der Waals surface area contributed by atoms with Crippen LogP contribution >= 0.6 is 0 Å². The predicted octanol–water partition coefficient (Wildman–Crippen LogP) is 2.35. The van der Waals surface area contributed by atoms with Crippen molar-refractivity contribution >= 4 is 0 Å². The van der Waals surface area contributed by atoms with Gasteiger partial charge in [-0.15, -0.1) is 0 Å². The van der Waals surface area contributed by atoms with Crippen molar-refractivity contribution in [2.24, 2.45) is 5.73 Å². The summed E-state index contributed by atoms with van der Waals surface area (Å²) in [6.45, 7) is 0. The highest BCUT2D eigenvalue weighted by atomic mass is 16.5. The van der Waals surface area contributed by atoms with Crippen LogP contribution in [-0.2, 0) is 0 Å². The number of benzene rings is 1. The summed E-state index contributed by atoms with van der Waals surface area (Å²) in [5.74, 6) is 2.47. The Kier molecular flexibility index (Phi) is 3.97. The highest BCUT2D eigenvalue weighted by Gasteiger charge is 2.20. The van der Waals surface area contributed by atoms with Gasteiger partial charge in [0, 0.05) is 11.6 Å². The molecule has 0 saturated heterocycles. The topological polar surface area (TPSA) is 66.9 Å². The van der Waals surface area contributed by atoms with Crippen molar-refractivity contribution in [1.29, 1.82) is 0 Å². The number of ether oxygens (including phenoxy) is 3. The molecule has 0 spiro atoms. The van der Waals surface area contributed by atoms with E-state index in [1.165, 1.54) is 0 Å². The summed E-state index contributed by atoms with van der Waals surface area (Å²) in [5, 5.41) is 0. The van der Waals surface area contributed by atoms with Gasteiger partial charge in [-0.05, 0) is 18.2 Å². The van der Waals surface area contributed by atoms with E-state index in [1.54, 1.807) is 45.8 Å². The third-order valence-electron chi connectivity index (χ3n) is 2.92. The molecule has 2 rings (SSSR count). The van der Waals surface area contributed by atoms with E-state index in [9.17, 15) is 0 Å². The first kappa shape index (κ1) is 13.3. The molecule has 19 heavy (non-hydrogen) atoms. The molecule has 1 aromatic carbocycles. The maximum Gasteiger partial charge on any atom is 0.164 e. The first-order valence-electron chi connectivity index (χ1n) is 5.80. The molecule has 102 valence electrons. The number of furan rings is 1. The van der Waals surface area contributed by atoms with Crippen molar-refractivity contribution in [3.63, 3.8) is 0 Å². The standard InChI is InChI=1S/C14H17NO4/c1-16-11-8-13(18-3)12(17-2)7-9(11)14(15)10-5-4-6-19-10/h4-8,14H,15H2,1-3H3. The van der Waals surface area contributed by atoms with Crippen LogP contribution in [0.2, 0.25) is 0 Å². The quantitative estimate of drug-likeness (QED) is 0.897. The highest BCUT2D eigenvalue weighted by Crippen LogP contribution is 2.38. The summed E-state index contributed by atoms with van der Waals surface area (Å²) < 4.78 is 21.2. The van der Waals surface area contributed by atoms with E-state index in [0.717, 1.165) is 5.56 Å². The van der Waals surface area contributed by atoms with E-state index < -0.39 is 6.04 Å². The molecule has 1 unspecified atom stereocenters. The zero-order valence-electron chi connectivity index (χ0n) is 11.2. The van der Waals surface area contributed by atoms with Crippen molar-refractivity contribution < 1.29 is 18.6 Å². The summed E-state index contributed by atoms with van der Waals surface area (Å²) in [6.07, 6.45) is 1.59. The van der Waals surface area contributed by atoms with Gasteiger partial charge in [0.05, 0.1) is 33.6 Å². The Hall–Kier alpha value is -2.14. The lowest BCUT2D eigenvalue weighted by Gasteiger charge is -2.17. The smallest absolute Gasteiger partial charge is 0.164 e. The Morgan fingerprint density at radius 1 is 1.00 bits per heavy atom. The third kappa shape index (κ3) is 2.51. The van der Waals surface area contributed by atoms with Gasteiger partial charge < -0.3 is 24.4 Å². The van der Waals surface area contributed by atoms with Crippen LogP contribution in [0.3, 0.4) is 0 Å². The van der Waals surface area contributed by atoms with Crippen molar-refractivity contribution in [3.05, 3.63) is 41.9 Å². The van der Waals surface area contributed by atoms with Gasteiger partial charge in [-0.25, -0.2) is 0 Å². The lowest BCUT2D eigenvalue weighted by atomic mass is 10.0. The van der Waals surface area contributed by atoms with E-state index in [-0.39, 0.29) is 0 Å². The molecule has 0 radical (unpaired) electrons. The first-order valence-corrected chi connectivity index (χ1v) is 5.80. The van der Waals surface area contributed by atoms with Crippen LogP contribution in [0.4, 0.5) is 0 Å². The zero-order valence-corrected chi connectivity index (χ0v) is 11.2. The molecule has 0 aliphatic heterocycles. The van der Waals surface area contributed by atoms with Crippen LogP contribution in [0.5, 0.6) is 17.2 Å². The number of nitrogens with two attached hydrogens (primary N) is 1. The van der Waals surface area contributed by atoms with Crippen molar-refractivity contribution in [3.8, 4) is 17.2 Å². The van der Waals surface area contributed by atoms with Gasteiger partial charge in [0.1, 0.15) is 11.5 Å². The maximum absolute atomic E-state index is 6.18. The molecule has 1 heterocycles. The second-order valence-corrected chi connectivity index (χ2v) is 3.94. The van der Waals surface area contributed by atoms with E-state index in [0.29, 0.717) is 23.0 Å². The number of hydrogen-bond acceptors (Lipinski definition) is 5. The summed E-state index contributed by atoms with van der Waals surface area (Å²) in [5.41, 5.74) is 6.96. The van der Waals surface area contributed by atoms with Gasteiger partial charge in [0.2, 0.25) is 0 Å². The van der Waals surface area contributed by atoms with E-state index in [1.807, 2.05) is 6.07 Å². The van der Waals surface area contributed by atoms with E-state index in [4.69, 9.17) is 24.4 Å². The lowest BCUT2D eigenvalue weighted by molar-refractivity contribution is 0.346. The average Bonchev–Trinajstić information content (AvgIpc) is 2.99. The fourth-order valence-electron chi connectivity index (χ4n) is 1.92. The summed E-state index contributed by atoms with van der Waals surface area (Å²) >= 11 is 0. The zero-order chi connectivity index (χ0) is 13.8. The first-order chi connectivity index (χ1) is 9.21. The molecular formula is C14H17NO4. The largest absolute Gasteiger partial charge is 0.496 e. The summed E-state index contributed by atoms with van der Waals surface area (Å²) in [6, 6.07) is 6.73. The Morgan fingerprint density at radius 2 is 1.63 bits per heavy atom. The monoisotopic (exact) mass is 263 g/mol. The van der Waals surface area contributed by atoms with E-state index in [2.05, 4.69) is 0 Å². The van der Waals surface area contributed by atoms with Crippen LogP contribution in [0.25, 0.3) is 0 Å². The Morgan fingerprint density at radius 3 is 2.16 bits per heavy atom. The second kappa shape index (κ2) is 5.67. The number of hydrogen-bond donors (Lipinski definition) is 1. The molecule has 2 aromatic rings. The number of rotatable bonds is 5. The molecule has 0 fully saturated rings. The van der Waals surface area contributed by atoms with Crippen LogP contribution in [0, 0.1) is 0 Å².